The number of nitrogens with zero attached hydrogens (tertiary/aromatic N) is 3. The molecule has 8 atom stereocenters. The van der Waals surface area contributed by atoms with Crippen molar-refractivity contribution < 1.29 is 54.6 Å². The molecule has 1 aromatic carbocycles. The van der Waals surface area contributed by atoms with Crippen molar-refractivity contribution in [3.8, 4) is 5.88 Å². The Labute approximate surface area is 335 Å². The number of rotatable bonds is 8. The number of Topliss-reactive ketones (excluding diaryl/α,β-unsaturated/α-hetero) is 1. The molecule has 0 spiro atoms. The van der Waals surface area contributed by atoms with E-state index in [0.29, 0.717) is 19.3 Å². The van der Waals surface area contributed by atoms with Gasteiger partial charge in [0.05, 0.1) is 46.1 Å². The Morgan fingerprint density at radius 3 is 2.29 bits per heavy atom. The summed E-state index contributed by atoms with van der Waals surface area (Å²) in [5.74, 6) is -10.8. The van der Waals surface area contributed by atoms with E-state index >= 15 is 8.78 Å². The second-order valence-electron chi connectivity index (χ2n) is 18.5. The zero-order valence-electron chi connectivity index (χ0n) is 33.4. The van der Waals surface area contributed by atoms with Crippen LogP contribution >= 0.6 is 0 Å². The average molecular weight is 837 g/mol. The molecule has 5 aliphatic rings. The third-order valence-electron chi connectivity index (χ3n) is 13.2. The average Bonchev–Trinajstić information content (AvgIpc) is 4.09. The lowest BCUT2D eigenvalue weighted by molar-refractivity contribution is -0.154. The van der Waals surface area contributed by atoms with Crippen molar-refractivity contribution in [1.29, 1.82) is 0 Å². The van der Waals surface area contributed by atoms with Crippen LogP contribution in [0, 0.1) is 34.5 Å². The molecular formula is C41H52F4N4O8S. The first kappa shape index (κ1) is 42.2. The van der Waals surface area contributed by atoms with E-state index in [-0.39, 0.29) is 55.6 Å². The third kappa shape index (κ3) is 8.04. The maximum Gasteiger partial charge on any atom is 0.306 e. The number of esters is 1. The normalized spacial score (nSPS) is 32.2. The third-order valence-corrected chi connectivity index (χ3v) is 15.4. The quantitative estimate of drug-likeness (QED) is 0.230. The molecule has 1 saturated heterocycles. The highest BCUT2D eigenvalue weighted by molar-refractivity contribution is 7.91. The van der Waals surface area contributed by atoms with Crippen molar-refractivity contribution in [3.63, 3.8) is 0 Å². The van der Waals surface area contributed by atoms with E-state index in [0.717, 1.165) is 0 Å². The Bertz CT molecular complexity index is 2090. The molecule has 1 aromatic heterocycles. The highest BCUT2D eigenvalue weighted by Gasteiger charge is 2.67. The second-order valence-corrected chi connectivity index (χ2v) is 20.7. The number of carbonyl (C=O) groups excluding carboxylic acids is 4. The number of sulfonamides is 1. The van der Waals surface area contributed by atoms with E-state index in [9.17, 15) is 36.4 Å². The Kier molecular flexibility index (Phi) is 10.9. The molecule has 2 amide bonds. The fourth-order valence-electron chi connectivity index (χ4n) is 8.88. The number of fused-ring (bicyclic) bond motifs is 5. The summed E-state index contributed by atoms with van der Waals surface area (Å²) in [4.78, 5) is 66.7. The predicted octanol–water partition coefficient (Wildman–Crippen LogP) is 6.49. The highest BCUT2D eigenvalue weighted by Crippen LogP contribution is 2.59. The molecule has 1 N–H and O–H groups in total. The number of alkyl halides is 4. The minimum Gasteiger partial charge on any atom is -0.471 e. The van der Waals surface area contributed by atoms with Crippen LogP contribution in [-0.4, -0.2) is 82.8 Å². The number of benzene rings is 1. The van der Waals surface area contributed by atoms with Gasteiger partial charge < -0.3 is 14.4 Å². The number of ether oxygens (including phenoxy) is 2. The molecular weight excluding hydrogens is 785 g/mol. The molecule has 2 aromatic rings. The molecule has 17 heteroatoms. The van der Waals surface area contributed by atoms with Crippen LogP contribution in [-0.2, 0) is 39.9 Å². The summed E-state index contributed by atoms with van der Waals surface area (Å²) in [5, 5.41) is 0. The maximum atomic E-state index is 16.2. The number of amides is 2. The minimum atomic E-state index is -4.25. The summed E-state index contributed by atoms with van der Waals surface area (Å²) >= 11 is 0. The van der Waals surface area contributed by atoms with Gasteiger partial charge in [-0.15, -0.1) is 0 Å². The summed E-state index contributed by atoms with van der Waals surface area (Å²) in [7, 11) is -4.25. The monoisotopic (exact) mass is 836 g/mol. The zero-order valence-corrected chi connectivity index (χ0v) is 34.3. The van der Waals surface area contributed by atoms with Crippen LogP contribution in [0.4, 0.5) is 17.6 Å². The van der Waals surface area contributed by atoms with E-state index in [1.165, 1.54) is 11.8 Å². The lowest BCUT2D eigenvalue weighted by Crippen LogP contribution is -2.50. The van der Waals surface area contributed by atoms with Crippen molar-refractivity contribution in [1.82, 2.24) is 19.6 Å². The number of ketones is 1. The number of hydrogen-bond donors (Lipinski definition) is 1. The molecule has 58 heavy (non-hydrogen) atoms. The van der Waals surface area contributed by atoms with Gasteiger partial charge in [0, 0.05) is 24.7 Å². The summed E-state index contributed by atoms with van der Waals surface area (Å²) in [6.45, 7) is 8.06. The van der Waals surface area contributed by atoms with Gasteiger partial charge in [-0.2, -0.15) is 8.78 Å². The Balaban J connectivity index is 1.29. The molecule has 3 heterocycles. The van der Waals surface area contributed by atoms with Gasteiger partial charge in [0.25, 0.3) is 5.92 Å². The van der Waals surface area contributed by atoms with Crippen molar-refractivity contribution in [3.05, 3.63) is 30.0 Å². The molecule has 3 aliphatic carbocycles. The van der Waals surface area contributed by atoms with Crippen LogP contribution in [0.15, 0.2) is 24.3 Å². The first-order valence-corrected chi connectivity index (χ1v) is 21.8. The van der Waals surface area contributed by atoms with Crippen molar-refractivity contribution in [2.24, 2.45) is 34.5 Å². The lowest BCUT2D eigenvalue weighted by Gasteiger charge is -2.35. The van der Waals surface area contributed by atoms with Crippen molar-refractivity contribution in [2.45, 2.75) is 141 Å². The fraction of sp³-hybridized carbons (Fsp3) is 0.707. The number of aromatic nitrogens is 2. The number of carbonyl (C=O) groups is 4. The van der Waals surface area contributed by atoms with Crippen LogP contribution < -0.4 is 9.46 Å². The second kappa shape index (κ2) is 15.0. The van der Waals surface area contributed by atoms with Crippen LogP contribution in [0.25, 0.3) is 11.0 Å². The van der Waals surface area contributed by atoms with Gasteiger partial charge in [-0.3, -0.25) is 23.9 Å². The van der Waals surface area contributed by atoms with Gasteiger partial charge >= 0.3 is 5.97 Å². The van der Waals surface area contributed by atoms with Gasteiger partial charge in [0.15, 0.2) is 11.5 Å². The van der Waals surface area contributed by atoms with Crippen LogP contribution in [0.5, 0.6) is 5.88 Å². The lowest BCUT2D eigenvalue weighted by atomic mass is 9.77. The van der Waals surface area contributed by atoms with E-state index in [1.54, 1.807) is 52.0 Å². The Morgan fingerprint density at radius 1 is 1.02 bits per heavy atom. The Morgan fingerprint density at radius 2 is 1.69 bits per heavy atom. The van der Waals surface area contributed by atoms with E-state index < -0.39 is 128 Å². The van der Waals surface area contributed by atoms with Crippen LogP contribution in [0.3, 0.4) is 0 Å². The maximum absolute atomic E-state index is 16.2. The van der Waals surface area contributed by atoms with Crippen LogP contribution in [0.1, 0.15) is 111 Å². The largest absolute Gasteiger partial charge is 0.471 e. The minimum absolute atomic E-state index is 0.00242. The molecule has 4 fully saturated rings. The van der Waals surface area contributed by atoms with Gasteiger partial charge in [0.1, 0.15) is 12.2 Å². The van der Waals surface area contributed by atoms with Gasteiger partial charge in [-0.25, -0.2) is 27.2 Å². The summed E-state index contributed by atoms with van der Waals surface area (Å²) in [6, 6.07) is 5.03. The smallest absolute Gasteiger partial charge is 0.306 e. The molecule has 7 rings (SSSR count). The molecule has 2 bridgehead atoms. The number of hydrogen-bond acceptors (Lipinski definition) is 10. The van der Waals surface area contributed by atoms with Crippen molar-refractivity contribution >= 4 is 44.6 Å². The zero-order chi connectivity index (χ0) is 42.2. The summed E-state index contributed by atoms with van der Waals surface area (Å²) in [6.07, 6.45) is -4.37. The highest BCUT2D eigenvalue weighted by atomic mass is 32.2. The SMILES string of the molecule is CC[C@@H]1[C@@H]2CN(C(=O)[C@H](C(C)(C)C)CC(=O)O[C@@H]3C[C@H]3CCCCC(F)(F)c3nc4ccccc4nc3O2)[C@@H]1C(=O)C[C@]1(C(=O)NS(=O)(=O)C2(C)CC2)C[C@H]1C(F)F. The van der Waals surface area contributed by atoms with Crippen molar-refractivity contribution in [2.75, 3.05) is 6.54 Å². The number of nitrogens with one attached hydrogen (secondary N) is 1. The molecule has 3 saturated carbocycles. The molecule has 2 aliphatic heterocycles. The number of para-hydroxylation sites is 2. The van der Waals surface area contributed by atoms with Gasteiger partial charge in [0.2, 0.25) is 34.1 Å². The van der Waals surface area contributed by atoms with Crippen LogP contribution in [0.2, 0.25) is 0 Å². The van der Waals surface area contributed by atoms with Gasteiger partial charge in [-0.05, 0) is 75.3 Å². The predicted molar refractivity (Wildman–Crippen MR) is 202 cm³/mol. The molecule has 12 nitrogen and oxygen atoms in total. The summed E-state index contributed by atoms with van der Waals surface area (Å²) < 4.78 is 100. The summed E-state index contributed by atoms with van der Waals surface area (Å²) in [5.41, 5.74) is -3.15. The first-order valence-electron chi connectivity index (χ1n) is 20.3. The molecule has 318 valence electrons. The van der Waals surface area contributed by atoms with E-state index in [1.807, 2.05) is 4.72 Å². The molecule has 0 unspecified atom stereocenters. The fourth-order valence-corrected chi connectivity index (χ4v) is 10.2. The Hall–Kier alpha value is -3.89. The van der Waals surface area contributed by atoms with Gasteiger partial charge in [-0.1, -0.05) is 46.2 Å². The van der Waals surface area contributed by atoms with E-state index in [4.69, 9.17) is 9.47 Å². The topological polar surface area (TPSA) is 162 Å². The first-order chi connectivity index (χ1) is 27.1. The van der Waals surface area contributed by atoms with E-state index in [2.05, 4.69) is 9.97 Å². The molecule has 0 radical (unpaired) electrons. The standard InChI is InChI=1S/C41H52F4N4O8S/c1-6-23-30-21-49(32(23)28(50)20-40(19-25(40)34(42)43)37(53)48-58(54,55)39(5)15-16-39)36(52)24(38(2,3)4)18-31(51)56-29-17-22(29)11-9-10-14-41(44,45)33-35(57-30)47-27-13-8-7-12-26(27)46-33/h7-8,12-13,22-25,29-30,32,34H,6,9-11,14-21H2,1-5H3,(H,48,53)/t22-,23-,24-,25+,29-,30+,32+,40-/m1/s1. The number of halogens is 4.